The second-order valence-electron chi connectivity index (χ2n) is 4.18. The van der Waals surface area contributed by atoms with E-state index in [2.05, 4.69) is 5.48 Å². The van der Waals surface area contributed by atoms with Gasteiger partial charge in [-0.2, -0.15) is 5.48 Å². The van der Waals surface area contributed by atoms with Crippen molar-refractivity contribution < 1.29 is 14.3 Å². The molecule has 0 unspecified atom stereocenters. The van der Waals surface area contributed by atoms with Gasteiger partial charge in [-0.1, -0.05) is 6.07 Å². The number of methoxy groups -OCH3 is 1. The van der Waals surface area contributed by atoms with E-state index >= 15 is 0 Å². The van der Waals surface area contributed by atoms with Crippen LogP contribution in [0.5, 0.6) is 11.5 Å². The van der Waals surface area contributed by atoms with Crippen LogP contribution >= 0.6 is 0 Å². The summed E-state index contributed by atoms with van der Waals surface area (Å²) in [5.74, 6) is 1.62. The second kappa shape index (κ2) is 5.89. The first-order valence-electron chi connectivity index (χ1n) is 5.93. The van der Waals surface area contributed by atoms with Crippen molar-refractivity contribution in [3.05, 3.63) is 23.8 Å². The average Bonchev–Trinajstić information content (AvgIpc) is 2.31. The van der Waals surface area contributed by atoms with E-state index in [9.17, 15) is 0 Å². The van der Waals surface area contributed by atoms with E-state index < -0.39 is 0 Å². The molecule has 0 bridgehead atoms. The predicted molar refractivity (Wildman–Crippen MR) is 65.1 cm³/mol. The summed E-state index contributed by atoms with van der Waals surface area (Å²) >= 11 is 0. The van der Waals surface area contributed by atoms with E-state index in [1.54, 1.807) is 14.2 Å². The van der Waals surface area contributed by atoms with Gasteiger partial charge >= 0.3 is 0 Å². The number of benzene rings is 1. The molecule has 1 aliphatic rings. The van der Waals surface area contributed by atoms with Crippen LogP contribution in [0.2, 0.25) is 0 Å². The number of hydrogen-bond acceptors (Lipinski definition) is 4. The summed E-state index contributed by atoms with van der Waals surface area (Å²) in [5, 5.41) is 0. The van der Waals surface area contributed by atoms with E-state index in [0.29, 0.717) is 12.6 Å². The van der Waals surface area contributed by atoms with Gasteiger partial charge in [-0.3, -0.25) is 0 Å². The zero-order valence-electron chi connectivity index (χ0n) is 10.4. The smallest absolute Gasteiger partial charge is 0.161 e. The lowest BCUT2D eigenvalue weighted by Crippen LogP contribution is -2.24. The van der Waals surface area contributed by atoms with Crippen LogP contribution in [-0.2, 0) is 11.4 Å². The van der Waals surface area contributed by atoms with Crippen LogP contribution in [0.4, 0.5) is 0 Å². The van der Waals surface area contributed by atoms with Gasteiger partial charge < -0.3 is 14.3 Å². The molecule has 2 rings (SSSR count). The molecule has 1 saturated carbocycles. The van der Waals surface area contributed by atoms with E-state index in [-0.39, 0.29) is 0 Å². The Labute approximate surface area is 102 Å². The lowest BCUT2D eigenvalue weighted by Gasteiger charge is -2.27. The summed E-state index contributed by atoms with van der Waals surface area (Å²) in [6.45, 7) is 0.649. The molecule has 0 aliphatic heterocycles. The second-order valence-corrected chi connectivity index (χ2v) is 4.18. The Morgan fingerprint density at radius 2 is 2.06 bits per heavy atom. The summed E-state index contributed by atoms with van der Waals surface area (Å²) in [7, 11) is 3.27. The summed E-state index contributed by atoms with van der Waals surface area (Å²) in [6.07, 6.45) is 3.93. The Bertz CT molecular complexity index is 364. The van der Waals surface area contributed by atoms with Crippen LogP contribution in [0.15, 0.2) is 18.2 Å². The highest BCUT2D eigenvalue weighted by Crippen LogP contribution is 2.32. The number of rotatable bonds is 6. The average molecular weight is 237 g/mol. The molecule has 0 spiro atoms. The Hall–Kier alpha value is -1.26. The maximum Gasteiger partial charge on any atom is 0.161 e. The molecule has 0 aromatic heterocycles. The Morgan fingerprint density at radius 1 is 1.24 bits per heavy atom. The summed E-state index contributed by atoms with van der Waals surface area (Å²) < 4.78 is 11.2. The van der Waals surface area contributed by atoms with Crippen LogP contribution in [0.25, 0.3) is 0 Å². The number of nitrogens with one attached hydrogen (secondary N) is 1. The van der Waals surface area contributed by atoms with Gasteiger partial charge in [0.2, 0.25) is 0 Å². The third kappa shape index (κ3) is 3.11. The fourth-order valence-corrected chi connectivity index (χ4v) is 1.74. The minimum absolute atomic E-state index is 0.367. The topological polar surface area (TPSA) is 39.7 Å². The van der Waals surface area contributed by atoms with Gasteiger partial charge in [0.05, 0.1) is 20.3 Å². The monoisotopic (exact) mass is 237 g/mol. The van der Waals surface area contributed by atoms with Gasteiger partial charge in [-0.15, -0.1) is 0 Å². The first kappa shape index (κ1) is 12.2. The van der Waals surface area contributed by atoms with Gasteiger partial charge in [-0.25, -0.2) is 0 Å². The summed E-state index contributed by atoms with van der Waals surface area (Å²) in [4.78, 5) is 4.82. The van der Waals surface area contributed by atoms with Gasteiger partial charge in [0, 0.05) is 6.54 Å². The normalized spacial score (nSPS) is 15.4. The molecule has 0 amide bonds. The van der Waals surface area contributed by atoms with Gasteiger partial charge in [0.15, 0.2) is 11.5 Å². The highest BCUT2D eigenvalue weighted by atomic mass is 16.6. The largest absolute Gasteiger partial charge is 0.493 e. The Kier molecular flexibility index (Phi) is 4.23. The molecule has 4 heteroatoms. The first-order valence-corrected chi connectivity index (χ1v) is 5.93. The molecule has 4 nitrogen and oxygen atoms in total. The van der Waals surface area contributed by atoms with Crippen molar-refractivity contribution >= 4 is 0 Å². The quantitative estimate of drug-likeness (QED) is 0.770. The standard InChI is InChI=1S/C13H19NO3/c1-15-13-8-10(9-14-16-2)6-7-12(13)17-11-4-3-5-11/h6-8,11,14H,3-5,9H2,1-2H3. The van der Waals surface area contributed by atoms with Crippen molar-refractivity contribution in [3.63, 3.8) is 0 Å². The van der Waals surface area contributed by atoms with Crippen LogP contribution in [0.3, 0.4) is 0 Å². The number of hydrogen-bond donors (Lipinski definition) is 1. The molecule has 1 fully saturated rings. The molecule has 17 heavy (non-hydrogen) atoms. The van der Waals surface area contributed by atoms with Crippen molar-refractivity contribution in [2.75, 3.05) is 14.2 Å². The van der Waals surface area contributed by atoms with Gasteiger partial charge in [0.25, 0.3) is 0 Å². The van der Waals surface area contributed by atoms with Crippen molar-refractivity contribution in [1.82, 2.24) is 5.48 Å². The maximum absolute atomic E-state index is 5.86. The highest BCUT2D eigenvalue weighted by Gasteiger charge is 2.20. The summed E-state index contributed by atoms with van der Waals surface area (Å²) in [5.41, 5.74) is 3.90. The van der Waals surface area contributed by atoms with Gasteiger partial charge in [0.1, 0.15) is 0 Å². The molecule has 0 saturated heterocycles. The fraction of sp³-hybridized carbons (Fsp3) is 0.538. The fourth-order valence-electron chi connectivity index (χ4n) is 1.74. The third-order valence-corrected chi connectivity index (χ3v) is 2.99. The Morgan fingerprint density at radius 3 is 2.65 bits per heavy atom. The summed E-state index contributed by atoms with van der Waals surface area (Å²) in [6, 6.07) is 5.95. The van der Waals surface area contributed by atoms with Crippen molar-refractivity contribution in [3.8, 4) is 11.5 Å². The highest BCUT2D eigenvalue weighted by molar-refractivity contribution is 5.43. The minimum Gasteiger partial charge on any atom is -0.493 e. The molecule has 0 atom stereocenters. The number of ether oxygens (including phenoxy) is 2. The molecular formula is C13H19NO3. The molecule has 94 valence electrons. The molecule has 1 aliphatic carbocycles. The molecule has 0 heterocycles. The van der Waals surface area contributed by atoms with Crippen LogP contribution < -0.4 is 15.0 Å². The first-order chi connectivity index (χ1) is 8.33. The molecule has 1 aromatic rings. The van der Waals surface area contributed by atoms with E-state index in [1.165, 1.54) is 6.42 Å². The predicted octanol–water partition coefficient (Wildman–Crippen LogP) is 2.28. The Balaban J connectivity index is 2.04. The third-order valence-electron chi connectivity index (χ3n) is 2.99. The van der Waals surface area contributed by atoms with Crippen molar-refractivity contribution in [2.45, 2.75) is 31.9 Å². The minimum atomic E-state index is 0.367. The van der Waals surface area contributed by atoms with Crippen molar-refractivity contribution in [1.29, 1.82) is 0 Å². The van der Waals surface area contributed by atoms with E-state index in [1.807, 2.05) is 18.2 Å². The van der Waals surface area contributed by atoms with Crippen LogP contribution in [0.1, 0.15) is 24.8 Å². The van der Waals surface area contributed by atoms with Gasteiger partial charge in [-0.05, 0) is 37.0 Å². The van der Waals surface area contributed by atoms with Crippen molar-refractivity contribution in [2.24, 2.45) is 0 Å². The zero-order valence-corrected chi connectivity index (χ0v) is 10.4. The lowest BCUT2D eigenvalue weighted by molar-refractivity contribution is 0.0865. The van der Waals surface area contributed by atoms with E-state index in [0.717, 1.165) is 29.9 Å². The molecule has 0 radical (unpaired) electrons. The SMILES string of the molecule is CONCc1ccc(OC2CCC2)c(OC)c1. The number of hydroxylamine groups is 1. The maximum atomic E-state index is 5.86. The van der Waals surface area contributed by atoms with Crippen LogP contribution in [-0.4, -0.2) is 20.3 Å². The molecule has 1 N–H and O–H groups in total. The van der Waals surface area contributed by atoms with E-state index in [4.69, 9.17) is 14.3 Å². The van der Waals surface area contributed by atoms with Crippen LogP contribution in [0, 0.1) is 0 Å². The molecular weight excluding hydrogens is 218 g/mol. The molecule has 1 aromatic carbocycles. The lowest BCUT2D eigenvalue weighted by atomic mass is 9.96. The zero-order chi connectivity index (χ0) is 12.1.